The molecular weight excluding hydrogens is 609 g/mol. The average molecular weight is 654 g/mol. The van der Waals surface area contributed by atoms with Crippen LogP contribution in [-0.2, 0) is 11.3 Å². The molecule has 6 aliphatic rings. The van der Waals surface area contributed by atoms with Gasteiger partial charge in [-0.15, -0.1) is 0 Å². The van der Waals surface area contributed by atoms with Crippen molar-refractivity contribution < 1.29 is 18.7 Å². The number of aromatic nitrogens is 4. The van der Waals surface area contributed by atoms with Gasteiger partial charge in [0.15, 0.2) is 5.88 Å². The van der Waals surface area contributed by atoms with Crippen molar-refractivity contribution in [2.75, 3.05) is 26.7 Å². The maximum atomic E-state index is 14.1. The molecule has 0 aromatic carbocycles. The van der Waals surface area contributed by atoms with Crippen molar-refractivity contribution in [2.45, 2.75) is 95.4 Å². The average Bonchev–Trinajstić information content (AvgIpc) is 3.55. The summed E-state index contributed by atoms with van der Waals surface area (Å²) in [4.78, 5) is 39.1. The van der Waals surface area contributed by atoms with Crippen LogP contribution >= 0.6 is 0 Å². The number of fused-ring (bicyclic) bond motifs is 2. The lowest BCUT2D eigenvalue weighted by Gasteiger charge is -2.64. The Kier molecular flexibility index (Phi) is 6.59. The molecule has 10 rings (SSSR count). The summed E-state index contributed by atoms with van der Waals surface area (Å²) in [7, 11) is 1.64. The van der Waals surface area contributed by atoms with Crippen LogP contribution in [0.3, 0.4) is 0 Å². The SMILES string of the molecule is COc1cc(C(=O)N2CCC3(CCCCN3)C2)cc2nc(-c3cc4ccc([C@@H](C)NC(=O)C56CC(F)(C5)C6)nc4n3CC3CC3)c(C)n12. The van der Waals surface area contributed by atoms with Gasteiger partial charge in [-0.2, -0.15) is 0 Å². The van der Waals surface area contributed by atoms with Crippen molar-refractivity contribution >= 4 is 28.5 Å². The Morgan fingerprint density at radius 2 is 1.94 bits per heavy atom. The molecule has 48 heavy (non-hydrogen) atoms. The van der Waals surface area contributed by atoms with Crippen molar-refractivity contribution in [3.8, 4) is 17.3 Å². The number of carbonyl (C=O) groups is 2. The molecule has 4 saturated carbocycles. The molecule has 2 saturated heterocycles. The highest BCUT2D eigenvalue weighted by Gasteiger charge is 2.72. The molecule has 2 N–H and O–H groups in total. The zero-order valence-electron chi connectivity index (χ0n) is 28.1. The molecule has 2 aliphatic heterocycles. The van der Waals surface area contributed by atoms with Gasteiger partial charge in [0.05, 0.1) is 35.6 Å². The fraction of sp³-hybridized carbons (Fsp3) is 0.568. The topological polar surface area (TPSA) is 106 Å². The number of piperidine rings is 1. The van der Waals surface area contributed by atoms with Gasteiger partial charge in [0, 0.05) is 42.2 Å². The summed E-state index contributed by atoms with van der Waals surface area (Å²) in [6.07, 6.45) is 7.89. The maximum Gasteiger partial charge on any atom is 0.254 e. The van der Waals surface area contributed by atoms with Gasteiger partial charge in [0.2, 0.25) is 5.91 Å². The first-order valence-electron chi connectivity index (χ1n) is 17.7. The van der Waals surface area contributed by atoms with Crippen LogP contribution in [-0.4, -0.2) is 73.6 Å². The number of nitrogens with one attached hydrogen (secondary N) is 2. The molecule has 1 unspecified atom stereocenters. The number of hydrogen-bond donors (Lipinski definition) is 2. The minimum atomic E-state index is -1.11. The van der Waals surface area contributed by atoms with Crippen LogP contribution in [0.2, 0.25) is 0 Å². The molecule has 1 spiro atoms. The number of likely N-dealkylation sites (tertiary alicyclic amines) is 1. The Balaban J connectivity index is 1.05. The van der Waals surface area contributed by atoms with E-state index in [0.29, 0.717) is 42.3 Å². The molecule has 252 valence electrons. The fourth-order valence-corrected chi connectivity index (χ4v) is 9.05. The molecule has 4 aliphatic carbocycles. The smallest absolute Gasteiger partial charge is 0.254 e. The molecule has 2 amide bonds. The summed E-state index contributed by atoms with van der Waals surface area (Å²) in [5.74, 6) is 1.11. The molecule has 6 fully saturated rings. The number of hydrogen-bond acceptors (Lipinski definition) is 6. The first kappa shape index (κ1) is 30.1. The van der Waals surface area contributed by atoms with E-state index in [0.717, 1.165) is 72.8 Å². The van der Waals surface area contributed by atoms with Gasteiger partial charge in [0.1, 0.15) is 22.7 Å². The zero-order chi connectivity index (χ0) is 33.0. The highest BCUT2D eigenvalue weighted by molar-refractivity contribution is 5.96. The van der Waals surface area contributed by atoms with E-state index in [9.17, 15) is 14.0 Å². The Morgan fingerprint density at radius 3 is 2.65 bits per heavy atom. The number of rotatable bonds is 8. The minimum absolute atomic E-state index is 0.0151. The quantitative estimate of drug-likeness (QED) is 0.260. The second-order valence-electron chi connectivity index (χ2n) is 15.6. The summed E-state index contributed by atoms with van der Waals surface area (Å²) < 4.78 is 24.2. The summed E-state index contributed by atoms with van der Waals surface area (Å²) >= 11 is 0. The summed E-state index contributed by atoms with van der Waals surface area (Å²) in [6.45, 7) is 7.32. The van der Waals surface area contributed by atoms with Crippen LogP contribution in [0.25, 0.3) is 28.1 Å². The highest BCUT2D eigenvalue weighted by Crippen LogP contribution is 2.69. The molecule has 4 aromatic rings. The summed E-state index contributed by atoms with van der Waals surface area (Å²) in [5, 5.41) is 7.83. The fourth-order valence-electron chi connectivity index (χ4n) is 9.05. The van der Waals surface area contributed by atoms with Gasteiger partial charge in [-0.25, -0.2) is 14.4 Å². The first-order valence-corrected chi connectivity index (χ1v) is 17.7. The van der Waals surface area contributed by atoms with E-state index in [1.54, 1.807) is 7.11 Å². The van der Waals surface area contributed by atoms with E-state index in [4.69, 9.17) is 14.7 Å². The first-order chi connectivity index (χ1) is 23.1. The predicted molar refractivity (Wildman–Crippen MR) is 180 cm³/mol. The third-order valence-corrected chi connectivity index (χ3v) is 12.0. The lowest BCUT2D eigenvalue weighted by atomic mass is 9.42. The zero-order valence-corrected chi connectivity index (χ0v) is 28.1. The van der Waals surface area contributed by atoms with Crippen molar-refractivity contribution in [1.82, 2.24) is 34.5 Å². The second kappa shape index (κ2) is 10.5. The molecule has 2 bridgehead atoms. The number of nitrogens with zero attached hydrogens (tertiary/aromatic N) is 5. The number of amides is 2. The predicted octanol–water partition coefficient (Wildman–Crippen LogP) is 5.51. The van der Waals surface area contributed by atoms with E-state index in [2.05, 4.69) is 27.3 Å². The van der Waals surface area contributed by atoms with E-state index in [-0.39, 0.29) is 23.4 Å². The Bertz CT molecular complexity index is 1970. The number of imidazole rings is 1. The van der Waals surface area contributed by atoms with Gasteiger partial charge in [-0.05, 0) is 102 Å². The number of aryl methyl sites for hydroxylation is 1. The van der Waals surface area contributed by atoms with E-state index >= 15 is 0 Å². The van der Waals surface area contributed by atoms with Crippen LogP contribution in [0.15, 0.2) is 30.3 Å². The van der Waals surface area contributed by atoms with Crippen LogP contribution in [0.5, 0.6) is 5.88 Å². The van der Waals surface area contributed by atoms with Gasteiger partial charge < -0.3 is 24.8 Å². The Labute approximate surface area is 279 Å². The van der Waals surface area contributed by atoms with Crippen molar-refractivity contribution in [2.24, 2.45) is 11.3 Å². The van der Waals surface area contributed by atoms with Crippen molar-refractivity contribution in [3.63, 3.8) is 0 Å². The number of alkyl halides is 1. The largest absolute Gasteiger partial charge is 0.482 e. The number of pyridine rings is 2. The van der Waals surface area contributed by atoms with Gasteiger partial charge in [-0.3, -0.25) is 14.0 Å². The molecule has 0 radical (unpaired) electrons. The number of halogens is 1. The Hall–Kier alpha value is -3.99. The standard InChI is InChI=1S/C37H44FN7O3/c1-22(40-34(47)35-18-36(38,19-35)20-35)27-9-8-25-14-28(44(32(25)41-27)17-24-6-7-24)31-23(2)45-29(42-31)15-26(16-30(45)48-3)33(46)43-13-11-37(21-43)10-4-5-12-39-37/h8-9,14-16,22,24,39H,4-7,10-13,17-21H2,1-3H3,(H,40,47)/t22-,35?,36?,37?/m1/s1. The van der Waals surface area contributed by atoms with E-state index < -0.39 is 11.1 Å². The van der Waals surface area contributed by atoms with E-state index in [1.807, 2.05) is 41.3 Å². The van der Waals surface area contributed by atoms with Crippen LogP contribution in [0.4, 0.5) is 4.39 Å². The molecular formula is C37H44FN7O3. The molecule has 2 atom stereocenters. The monoisotopic (exact) mass is 653 g/mol. The van der Waals surface area contributed by atoms with E-state index in [1.165, 1.54) is 25.7 Å². The minimum Gasteiger partial charge on any atom is -0.482 e. The number of ether oxygens (including phenoxy) is 1. The van der Waals surface area contributed by atoms with Crippen LogP contribution < -0.4 is 15.4 Å². The molecule has 6 heterocycles. The van der Waals surface area contributed by atoms with Gasteiger partial charge in [-0.1, -0.05) is 6.42 Å². The summed E-state index contributed by atoms with van der Waals surface area (Å²) in [5.41, 5.74) is 4.04. The van der Waals surface area contributed by atoms with Crippen molar-refractivity contribution in [3.05, 3.63) is 47.3 Å². The van der Waals surface area contributed by atoms with Crippen LogP contribution in [0, 0.1) is 18.3 Å². The van der Waals surface area contributed by atoms with Gasteiger partial charge in [0.25, 0.3) is 5.91 Å². The second-order valence-corrected chi connectivity index (χ2v) is 15.6. The Morgan fingerprint density at radius 1 is 1.12 bits per heavy atom. The number of carbonyl (C=O) groups excluding carboxylic acids is 2. The number of methoxy groups -OCH3 is 1. The maximum absolute atomic E-state index is 14.1. The lowest BCUT2D eigenvalue weighted by Crippen LogP contribution is -2.70. The third kappa shape index (κ3) is 4.67. The van der Waals surface area contributed by atoms with Crippen molar-refractivity contribution in [1.29, 1.82) is 0 Å². The van der Waals surface area contributed by atoms with Crippen LogP contribution in [0.1, 0.15) is 92.5 Å². The lowest BCUT2D eigenvalue weighted by molar-refractivity contribution is -0.214. The van der Waals surface area contributed by atoms with Gasteiger partial charge >= 0.3 is 0 Å². The normalized spacial score (nSPS) is 28.5. The molecule has 4 aromatic heterocycles. The summed E-state index contributed by atoms with van der Waals surface area (Å²) in [6, 6.07) is 9.63. The third-order valence-electron chi connectivity index (χ3n) is 12.0. The molecule has 11 heteroatoms. The molecule has 10 nitrogen and oxygen atoms in total. The highest BCUT2D eigenvalue weighted by atomic mass is 19.1.